The van der Waals surface area contributed by atoms with Crippen molar-refractivity contribution in [3.05, 3.63) is 23.2 Å². The lowest BCUT2D eigenvalue weighted by Gasteiger charge is -1.87. The van der Waals surface area contributed by atoms with Crippen molar-refractivity contribution in [3.8, 4) is 11.8 Å². The van der Waals surface area contributed by atoms with Gasteiger partial charge in [-0.2, -0.15) is 0 Å². The van der Waals surface area contributed by atoms with Gasteiger partial charge in [-0.25, -0.2) is 9.97 Å². The first-order valence-electron chi connectivity index (χ1n) is 3.35. The molecular formula is C8H6BrClN2. The highest BCUT2D eigenvalue weighted by molar-refractivity contribution is 9.09. The van der Waals surface area contributed by atoms with Crippen molar-refractivity contribution in [1.82, 2.24) is 9.97 Å². The Morgan fingerprint density at radius 3 is 2.67 bits per heavy atom. The van der Waals surface area contributed by atoms with E-state index in [-0.39, 0.29) is 0 Å². The van der Waals surface area contributed by atoms with Crippen LogP contribution in [0, 0.1) is 11.8 Å². The average Bonchev–Trinajstić information content (AvgIpc) is 2.09. The summed E-state index contributed by atoms with van der Waals surface area (Å²) in [6.45, 7) is 0. The lowest BCUT2D eigenvalue weighted by molar-refractivity contribution is 1.12. The fourth-order valence-corrected chi connectivity index (χ4v) is 0.861. The summed E-state index contributed by atoms with van der Waals surface area (Å²) >= 11 is 8.86. The lowest BCUT2D eigenvalue weighted by Crippen LogP contribution is -1.86. The Morgan fingerprint density at radius 2 is 2.08 bits per heavy atom. The molecule has 0 saturated heterocycles. The maximum atomic E-state index is 5.59. The highest BCUT2D eigenvalue weighted by Crippen LogP contribution is 2.01. The second-order valence-electron chi connectivity index (χ2n) is 1.97. The van der Waals surface area contributed by atoms with Crippen LogP contribution in [0.15, 0.2) is 12.4 Å². The molecule has 0 atom stereocenters. The summed E-state index contributed by atoms with van der Waals surface area (Å²) in [7, 11) is 0. The van der Waals surface area contributed by atoms with Gasteiger partial charge >= 0.3 is 0 Å². The zero-order valence-corrected chi connectivity index (χ0v) is 8.56. The van der Waals surface area contributed by atoms with E-state index in [1.807, 2.05) is 0 Å². The molecule has 62 valence electrons. The van der Waals surface area contributed by atoms with Gasteiger partial charge in [0.2, 0.25) is 5.82 Å². The predicted molar refractivity (Wildman–Crippen MR) is 52.3 cm³/mol. The average molecular weight is 246 g/mol. The molecule has 2 nitrogen and oxygen atoms in total. The molecule has 0 radical (unpaired) electrons. The number of halogens is 2. The van der Waals surface area contributed by atoms with Gasteiger partial charge in [0.1, 0.15) is 0 Å². The first-order valence-corrected chi connectivity index (χ1v) is 4.85. The molecule has 1 aromatic heterocycles. The molecule has 0 aliphatic heterocycles. The van der Waals surface area contributed by atoms with Gasteiger partial charge in [0.05, 0.1) is 17.4 Å². The van der Waals surface area contributed by atoms with Crippen LogP contribution >= 0.6 is 27.5 Å². The smallest absolute Gasteiger partial charge is 0.204 e. The standard InChI is InChI=1S/C8H6BrClN2/c9-4-2-1-3-8-11-5-7(10)6-12-8/h5-6H,2,4H2. The van der Waals surface area contributed by atoms with Crippen LogP contribution < -0.4 is 0 Å². The summed E-state index contributed by atoms with van der Waals surface area (Å²) in [4.78, 5) is 7.84. The molecule has 1 rings (SSSR count). The molecule has 0 spiro atoms. The van der Waals surface area contributed by atoms with Crippen molar-refractivity contribution in [2.75, 3.05) is 5.33 Å². The molecule has 0 N–H and O–H groups in total. The zero-order chi connectivity index (χ0) is 8.81. The van der Waals surface area contributed by atoms with Gasteiger partial charge in [-0.1, -0.05) is 33.5 Å². The highest BCUT2D eigenvalue weighted by atomic mass is 79.9. The summed E-state index contributed by atoms with van der Waals surface area (Å²) < 4.78 is 0. The molecule has 0 aliphatic rings. The topological polar surface area (TPSA) is 25.8 Å². The van der Waals surface area contributed by atoms with Gasteiger partial charge in [-0.3, -0.25) is 0 Å². The van der Waals surface area contributed by atoms with E-state index < -0.39 is 0 Å². The minimum absolute atomic E-state index is 0.514. The molecule has 1 heterocycles. The molecule has 0 fully saturated rings. The maximum Gasteiger partial charge on any atom is 0.204 e. The summed E-state index contributed by atoms with van der Waals surface area (Å²) in [5, 5.41) is 1.40. The van der Waals surface area contributed by atoms with Crippen LogP contribution in [0.4, 0.5) is 0 Å². The van der Waals surface area contributed by atoms with Crippen LogP contribution in [0.5, 0.6) is 0 Å². The molecule has 1 aromatic rings. The summed E-state index contributed by atoms with van der Waals surface area (Å²) in [5.41, 5.74) is 0. The molecule has 0 aliphatic carbocycles. The van der Waals surface area contributed by atoms with Crippen molar-refractivity contribution in [3.63, 3.8) is 0 Å². The van der Waals surface area contributed by atoms with Crippen LogP contribution in [-0.2, 0) is 0 Å². The van der Waals surface area contributed by atoms with Crippen molar-refractivity contribution in [2.45, 2.75) is 6.42 Å². The summed E-state index contributed by atoms with van der Waals surface area (Å²) in [6.07, 6.45) is 3.87. The van der Waals surface area contributed by atoms with Crippen LogP contribution in [0.2, 0.25) is 5.02 Å². The fraction of sp³-hybridized carbons (Fsp3) is 0.250. The van der Waals surface area contributed by atoms with E-state index in [4.69, 9.17) is 11.6 Å². The highest BCUT2D eigenvalue weighted by Gasteiger charge is 1.89. The molecule has 12 heavy (non-hydrogen) atoms. The minimum Gasteiger partial charge on any atom is -0.228 e. The third-order valence-electron chi connectivity index (χ3n) is 1.04. The quantitative estimate of drug-likeness (QED) is 0.560. The zero-order valence-electron chi connectivity index (χ0n) is 6.22. The van der Waals surface area contributed by atoms with Gasteiger partial charge in [-0.05, 0) is 5.92 Å². The second-order valence-corrected chi connectivity index (χ2v) is 3.20. The number of hydrogen-bond donors (Lipinski definition) is 0. The van der Waals surface area contributed by atoms with Crippen molar-refractivity contribution < 1.29 is 0 Å². The Hall–Kier alpha value is -0.590. The van der Waals surface area contributed by atoms with Gasteiger partial charge in [0, 0.05) is 11.8 Å². The predicted octanol–water partition coefficient (Wildman–Crippen LogP) is 2.27. The second kappa shape index (κ2) is 5.13. The lowest BCUT2D eigenvalue weighted by atomic mass is 10.4. The Bertz CT molecular complexity index is 299. The Labute approximate surface area is 84.5 Å². The Balaban J connectivity index is 2.66. The van der Waals surface area contributed by atoms with Crippen LogP contribution in [-0.4, -0.2) is 15.3 Å². The van der Waals surface area contributed by atoms with Crippen LogP contribution in [0.25, 0.3) is 0 Å². The first kappa shape index (κ1) is 9.50. The van der Waals surface area contributed by atoms with Crippen molar-refractivity contribution in [2.24, 2.45) is 0 Å². The molecule has 0 unspecified atom stereocenters. The Kier molecular flexibility index (Phi) is 4.06. The van der Waals surface area contributed by atoms with Crippen molar-refractivity contribution >= 4 is 27.5 Å². The van der Waals surface area contributed by atoms with Crippen LogP contribution in [0.1, 0.15) is 12.2 Å². The molecule has 4 heteroatoms. The van der Waals surface area contributed by atoms with E-state index in [0.29, 0.717) is 10.8 Å². The van der Waals surface area contributed by atoms with E-state index in [2.05, 4.69) is 37.7 Å². The van der Waals surface area contributed by atoms with Crippen LogP contribution in [0.3, 0.4) is 0 Å². The first-order chi connectivity index (χ1) is 5.83. The number of aromatic nitrogens is 2. The summed E-state index contributed by atoms with van der Waals surface area (Å²) in [6, 6.07) is 0. The van der Waals surface area contributed by atoms with E-state index in [0.717, 1.165) is 11.8 Å². The van der Waals surface area contributed by atoms with Gasteiger partial charge in [-0.15, -0.1) is 0 Å². The number of hydrogen-bond acceptors (Lipinski definition) is 2. The molecule has 0 amide bonds. The third kappa shape index (κ3) is 3.21. The molecule has 0 saturated carbocycles. The molecule has 0 bridgehead atoms. The largest absolute Gasteiger partial charge is 0.228 e. The van der Waals surface area contributed by atoms with E-state index >= 15 is 0 Å². The van der Waals surface area contributed by atoms with Gasteiger partial charge in [0.25, 0.3) is 0 Å². The van der Waals surface area contributed by atoms with E-state index in [1.54, 1.807) is 0 Å². The SMILES string of the molecule is Clc1cnc(C#CCCBr)nc1. The Morgan fingerprint density at radius 1 is 1.42 bits per heavy atom. The van der Waals surface area contributed by atoms with Gasteiger partial charge in [0.15, 0.2) is 0 Å². The van der Waals surface area contributed by atoms with E-state index in [1.165, 1.54) is 12.4 Å². The molecule has 0 aromatic carbocycles. The van der Waals surface area contributed by atoms with Crippen molar-refractivity contribution in [1.29, 1.82) is 0 Å². The fourth-order valence-electron chi connectivity index (χ4n) is 0.566. The monoisotopic (exact) mass is 244 g/mol. The molecular weight excluding hydrogens is 239 g/mol. The third-order valence-corrected chi connectivity index (χ3v) is 1.63. The maximum absolute atomic E-state index is 5.59. The van der Waals surface area contributed by atoms with Gasteiger partial charge < -0.3 is 0 Å². The number of alkyl halides is 1. The number of nitrogens with zero attached hydrogens (tertiary/aromatic N) is 2. The summed E-state index contributed by atoms with van der Waals surface area (Å²) in [5.74, 6) is 6.23. The normalized spacial score (nSPS) is 8.83. The van der Waals surface area contributed by atoms with E-state index in [9.17, 15) is 0 Å². The minimum atomic E-state index is 0.514. The number of rotatable bonds is 1.